The molecule has 0 aliphatic heterocycles. The van der Waals surface area contributed by atoms with E-state index in [4.69, 9.17) is 0 Å². The van der Waals surface area contributed by atoms with Gasteiger partial charge in [0.25, 0.3) is 15.6 Å². The van der Waals surface area contributed by atoms with E-state index in [1.807, 2.05) is 0 Å². The number of methoxy groups -OCH3 is 1. The number of carbonyl (C=O) groups is 1. The Kier molecular flexibility index (Phi) is 5.77. The van der Waals surface area contributed by atoms with Crippen molar-refractivity contribution in [2.24, 2.45) is 0 Å². The summed E-state index contributed by atoms with van der Waals surface area (Å²) in [5.74, 6) is -1.90. The van der Waals surface area contributed by atoms with Crippen LogP contribution in [0, 0.1) is 6.92 Å². The van der Waals surface area contributed by atoms with Gasteiger partial charge in [-0.1, -0.05) is 29.8 Å². The number of ether oxygens (including phenoxy) is 1. The number of nitrogens with zero attached hydrogens (tertiary/aromatic N) is 1. The molecule has 0 amide bonds. The first-order valence-corrected chi connectivity index (χ1v) is 9.33. The maximum atomic E-state index is 13.3. The van der Waals surface area contributed by atoms with Gasteiger partial charge in [0.05, 0.1) is 17.7 Å². The topological polar surface area (TPSA) is 83.9 Å². The van der Waals surface area contributed by atoms with Crippen LogP contribution in [0.25, 0.3) is 0 Å². The minimum absolute atomic E-state index is 0.00559. The number of aryl methyl sites for hydroxylation is 1. The minimum atomic E-state index is -5.33. The lowest BCUT2D eigenvalue weighted by molar-refractivity contribution is -0.266. The van der Waals surface area contributed by atoms with Gasteiger partial charge in [-0.25, -0.2) is 13.2 Å². The molecule has 0 bridgehead atoms. The molecular weight excluding hydrogens is 399 g/mol. The Bertz CT molecular complexity index is 956. The van der Waals surface area contributed by atoms with E-state index < -0.39 is 33.3 Å². The highest BCUT2D eigenvalue weighted by atomic mass is 32.2. The summed E-state index contributed by atoms with van der Waals surface area (Å²) in [6, 6.07) is 9.81. The summed E-state index contributed by atoms with van der Waals surface area (Å²) in [4.78, 5) is 11.6. The number of sulfonamides is 1. The SMILES string of the molecule is COC(=O)[C@](O)(c1ccc(N(C)S(=O)(=O)c2ccc(C)cc2)cc1)C(F)(F)F. The van der Waals surface area contributed by atoms with Crippen LogP contribution in [0.4, 0.5) is 18.9 Å². The quantitative estimate of drug-likeness (QED) is 0.757. The highest BCUT2D eigenvalue weighted by Gasteiger charge is 2.62. The Hall–Kier alpha value is -2.59. The Morgan fingerprint density at radius 1 is 1.04 bits per heavy atom. The maximum Gasteiger partial charge on any atom is 0.432 e. The van der Waals surface area contributed by atoms with Crippen LogP contribution in [0.3, 0.4) is 0 Å². The van der Waals surface area contributed by atoms with Gasteiger partial charge >= 0.3 is 12.1 Å². The van der Waals surface area contributed by atoms with Crippen LogP contribution in [0.1, 0.15) is 11.1 Å². The molecule has 28 heavy (non-hydrogen) atoms. The lowest BCUT2D eigenvalue weighted by Gasteiger charge is -2.28. The predicted octanol–water partition coefficient (Wildman–Crippen LogP) is 2.74. The zero-order valence-electron chi connectivity index (χ0n) is 15.2. The fraction of sp³-hybridized carbons (Fsp3) is 0.278. The van der Waals surface area contributed by atoms with E-state index in [1.54, 1.807) is 19.1 Å². The normalized spacial score (nSPS) is 14.2. The zero-order valence-corrected chi connectivity index (χ0v) is 16.0. The number of halogens is 3. The molecule has 0 spiro atoms. The molecule has 6 nitrogen and oxygen atoms in total. The highest BCUT2D eigenvalue weighted by Crippen LogP contribution is 2.40. The molecule has 0 aliphatic rings. The molecule has 0 saturated heterocycles. The molecule has 1 N–H and O–H groups in total. The molecule has 0 radical (unpaired) electrons. The molecule has 10 heteroatoms. The number of carbonyl (C=O) groups excluding carboxylic acids is 1. The monoisotopic (exact) mass is 417 g/mol. The van der Waals surface area contributed by atoms with Crippen molar-refractivity contribution >= 4 is 21.7 Å². The number of alkyl halides is 3. The summed E-state index contributed by atoms with van der Waals surface area (Å²) < 4.78 is 70.1. The summed E-state index contributed by atoms with van der Waals surface area (Å²) >= 11 is 0. The second kappa shape index (κ2) is 7.44. The van der Waals surface area contributed by atoms with Gasteiger partial charge in [-0.05, 0) is 31.2 Å². The first-order chi connectivity index (χ1) is 12.9. The Morgan fingerprint density at radius 3 is 1.96 bits per heavy atom. The predicted molar refractivity (Wildman–Crippen MR) is 95.2 cm³/mol. The van der Waals surface area contributed by atoms with E-state index in [2.05, 4.69) is 4.74 Å². The molecule has 152 valence electrons. The first-order valence-electron chi connectivity index (χ1n) is 7.89. The van der Waals surface area contributed by atoms with Gasteiger partial charge in [-0.15, -0.1) is 0 Å². The molecule has 0 unspecified atom stereocenters. The lowest BCUT2D eigenvalue weighted by atomic mass is 9.93. The van der Waals surface area contributed by atoms with Crippen molar-refractivity contribution in [2.75, 3.05) is 18.5 Å². The van der Waals surface area contributed by atoms with E-state index in [-0.39, 0.29) is 10.6 Å². The van der Waals surface area contributed by atoms with Crippen LogP contribution in [-0.2, 0) is 25.2 Å². The number of hydrogen-bond donors (Lipinski definition) is 1. The van der Waals surface area contributed by atoms with E-state index in [0.29, 0.717) is 0 Å². The van der Waals surface area contributed by atoms with Crippen molar-refractivity contribution in [1.29, 1.82) is 0 Å². The van der Waals surface area contributed by atoms with Gasteiger partial charge < -0.3 is 9.84 Å². The third-order valence-corrected chi connectivity index (χ3v) is 6.02. The standard InChI is InChI=1S/C18H18F3NO5S/c1-12-4-10-15(11-5-12)28(25,26)22(2)14-8-6-13(7-9-14)17(24,16(23)27-3)18(19,20)21/h4-11,24H,1-3H3/t17-/m1/s1. The van der Waals surface area contributed by atoms with E-state index in [0.717, 1.165) is 41.2 Å². The highest BCUT2D eigenvalue weighted by molar-refractivity contribution is 7.92. The molecular formula is C18H18F3NO5S. The number of aliphatic hydroxyl groups is 1. The molecule has 1 atom stereocenters. The first kappa shape index (κ1) is 21.7. The number of benzene rings is 2. The van der Waals surface area contributed by atoms with Crippen molar-refractivity contribution in [3.05, 3.63) is 59.7 Å². The fourth-order valence-electron chi connectivity index (χ4n) is 2.46. The average molecular weight is 417 g/mol. The molecule has 2 aromatic carbocycles. The third-order valence-electron chi connectivity index (χ3n) is 4.22. The van der Waals surface area contributed by atoms with E-state index in [9.17, 15) is 31.5 Å². The second-order valence-electron chi connectivity index (χ2n) is 6.03. The van der Waals surface area contributed by atoms with Crippen LogP contribution in [-0.4, -0.2) is 39.8 Å². The summed E-state index contributed by atoms with van der Waals surface area (Å²) in [5.41, 5.74) is -3.76. The van der Waals surface area contributed by atoms with Crippen molar-refractivity contribution in [3.63, 3.8) is 0 Å². The summed E-state index contributed by atoms with van der Waals surface area (Å²) in [7, 11) is -2.00. The molecule has 0 fully saturated rings. The molecule has 2 rings (SSSR count). The number of hydrogen-bond acceptors (Lipinski definition) is 5. The molecule has 0 aliphatic carbocycles. The smallest absolute Gasteiger partial charge is 0.432 e. The van der Waals surface area contributed by atoms with Gasteiger partial charge in [0.2, 0.25) is 0 Å². The molecule has 2 aromatic rings. The van der Waals surface area contributed by atoms with Crippen LogP contribution >= 0.6 is 0 Å². The van der Waals surface area contributed by atoms with Crippen LogP contribution in [0.2, 0.25) is 0 Å². The molecule has 0 aromatic heterocycles. The number of anilines is 1. The van der Waals surface area contributed by atoms with E-state index in [1.165, 1.54) is 19.2 Å². The fourth-order valence-corrected chi connectivity index (χ4v) is 3.66. The van der Waals surface area contributed by atoms with Crippen molar-refractivity contribution < 1.29 is 36.2 Å². The zero-order chi connectivity index (χ0) is 21.3. The van der Waals surface area contributed by atoms with Crippen LogP contribution < -0.4 is 4.31 Å². The van der Waals surface area contributed by atoms with Crippen LogP contribution in [0.15, 0.2) is 53.4 Å². The van der Waals surface area contributed by atoms with Crippen LogP contribution in [0.5, 0.6) is 0 Å². The van der Waals surface area contributed by atoms with Gasteiger partial charge in [-0.2, -0.15) is 13.2 Å². The minimum Gasteiger partial charge on any atom is -0.466 e. The van der Waals surface area contributed by atoms with E-state index >= 15 is 0 Å². The van der Waals surface area contributed by atoms with Crippen molar-refractivity contribution in [3.8, 4) is 0 Å². The summed E-state index contributed by atoms with van der Waals surface area (Å²) in [6.07, 6.45) is -5.33. The van der Waals surface area contributed by atoms with Crippen molar-refractivity contribution in [2.45, 2.75) is 23.6 Å². The van der Waals surface area contributed by atoms with Gasteiger partial charge in [0, 0.05) is 12.6 Å². The number of esters is 1. The second-order valence-corrected chi connectivity index (χ2v) is 8.00. The largest absolute Gasteiger partial charge is 0.466 e. The molecule has 0 heterocycles. The summed E-state index contributed by atoms with van der Waals surface area (Å²) in [6.45, 7) is 1.79. The van der Waals surface area contributed by atoms with Gasteiger partial charge in [0.1, 0.15) is 0 Å². The van der Waals surface area contributed by atoms with Gasteiger partial charge in [0.15, 0.2) is 0 Å². The lowest BCUT2D eigenvalue weighted by Crippen LogP contribution is -2.49. The Morgan fingerprint density at radius 2 is 1.54 bits per heavy atom. The molecule has 0 saturated carbocycles. The van der Waals surface area contributed by atoms with Crippen molar-refractivity contribution in [1.82, 2.24) is 0 Å². The Labute approximate surface area is 160 Å². The third kappa shape index (κ3) is 3.69. The van der Waals surface area contributed by atoms with Gasteiger partial charge in [-0.3, -0.25) is 4.31 Å². The number of rotatable bonds is 5. The average Bonchev–Trinajstić information content (AvgIpc) is 2.65. The Balaban J connectivity index is 2.43. The maximum absolute atomic E-state index is 13.3. The summed E-state index contributed by atoms with van der Waals surface area (Å²) in [5, 5.41) is 9.95.